The molecule has 6 heteroatoms. The number of nitrogens with two attached hydrogens (primary N) is 1. The summed E-state index contributed by atoms with van der Waals surface area (Å²) in [5, 5.41) is 7.31. The van der Waals surface area contributed by atoms with Gasteiger partial charge >= 0.3 is 0 Å². The lowest BCUT2D eigenvalue weighted by Crippen LogP contribution is -2.46. The van der Waals surface area contributed by atoms with Gasteiger partial charge in [0.05, 0.1) is 25.0 Å². The van der Waals surface area contributed by atoms with E-state index in [1.54, 1.807) is 13.3 Å². The van der Waals surface area contributed by atoms with Crippen LogP contribution in [0.25, 0.3) is 0 Å². The van der Waals surface area contributed by atoms with Crippen molar-refractivity contribution in [2.24, 2.45) is 12.8 Å². The van der Waals surface area contributed by atoms with Crippen LogP contribution in [0.4, 0.5) is 0 Å². The highest BCUT2D eigenvalue weighted by Crippen LogP contribution is 2.33. The second kappa shape index (κ2) is 4.75. The highest BCUT2D eigenvalue weighted by Gasteiger charge is 2.29. The van der Waals surface area contributed by atoms with Crippen molar-refractivity contribution in [2.45, 2.75) is 24.8 Å². The van der Waals surface area contributed by atoms with Crippen molar-refractivity contribution in [2.75, 3.05) is 13.7 Å². The molecule has 1 aliphatic heterocycles. The minimum atomic E-state index is -0.296. The van der Waals surface area contributed by atoms with Gasteiger partial charge in [0.1, 0.15) is 0 Å². The molecule has 6 nitrogen and oxygen atoms in total. The Hall–Kier alpha value is -1.56. The van der Waals surface area contributed by atoms with Gasteiger partial charge in [0.25, 0.3) is 0 Å². The standard InChI is InChI=1S/C11H18N4O2/c1-15-10(9(17-2)6-14-15)7-3-4-13-8(5-7)11(12)16/h6-8,13H,3-5H2,1-2H3,(H2,12,16). The number of nitrogens with zero attached hydrogens (tertiary/aromatic N) is 2. The zero-order valence-electron chi connectivity index (χ0n) is 10.1. The first-order chi connectivity index (χ1) is 8.13. The third-order valence-electron chi connectivity index (χ3n) is 3.30. The number of carbonyl (C=O) groups is 1. The molecular weight excluding hydrogens is 220 g/mol. The number of carbonyl (C=O) groups excluding carboxylic acids is 1. The average molecular weight is 238 g/mol. The van der Waals surface area contributed by atoms with Crippen LogP contribution in [0.1, 0.15) is 24.5 Å². The zero-order chi connectivity index (χ0) is 12.4. The number of primary amides is 1. The molecule has 0 aliphatic carbocycles. The van der Waals surface area contributed by atoms with E-state index in [2.05, 4.69) is 10.4 Å². The molecule has 17 heavy (non-hydrogen) atoms. The predicted molar refractivity (Wildman–Crippen MR) is 62.7 cm³/mol. The molecule has 0 aromatic carbocycles. The number of nitrogens with one attached hydrogen (secondary N) is 1. The Morgan fingerprint density at radius 3 is 3.12 bits per heavy atom. The largest absolute Gasteiger partial charge is 0.493 e. The maximum atomic E-state index is 11.2. The molecule has 1 fully saturated rings. The minimum Gasteiger partial charge on any atom is -0.493 e. The Morgan fingerprint density at radius 1 is 1.71 bits per heavy atom. The van der Waals surface area contributed by atoms with Gasteiger partial charge in [-0.2, -0.15) is 5.10 Å². The van der Waals surface area contributed by atoms with E-state index in [4.69, 9.17) is 10.5 Å². The summed E-state index contributed by atoms with van der Waals surface area (Å²) in [5.74, 6) is 0.745. The van der Waals surface area contributed by atoms with Gasteiger partial charge in [-0.1, -0.05) is 0 Å². The maximum absolute atomic E-state index is 11.2. The predicted octanol–water partition coefficient (Wildman–Crippen LogP) is -0.250. The molecule has 0 radical (unpaired) electrons. The molecule has 1 aromatic heterocycles. The normalized spacial score (nSPS) is 24.6. The third-order valence-corrected chi connectivity index (χ3v) is 3.30. The van der Waals surface area contributed by atoms with E-state index in [1.807, 2.05) is 11.7 Å². The van der Waals surface area contributed by atoms with E-state index in [-0.39, 0.29) is 17.9 Å². The third kappa shape index (κ3) is 2.26. The van der Waals surface area contributed by atoms with Gasteiger partial charge in [-0.25, -0.2) is 0 Å². The Bertz CT molecular complexity index is 416. The fourth-order valence-corrected chi connectivity index (χ4v) is 2.43. The number of hydrogen-bond donors (Lipinski definition) is 2. The molecule has 94 valence electrons. The molecule has 0 spiro atoms. The van der Waals surface area contributed by atoms with Gasteiger partial charge in [0, 0.05) is 13.0 Å². The van der Waals surface area contributed by atoms with Crippen LogP contribution in [-0.4, -0.2) is 35.4 Å². The van der Waals surface area contributed by atoms with Crippen molar-refractivity contribution in [1.82, 2.24) is 15.1 Å². The van der Waals surface area contributed by atoms with Crippen molar-refractivity contribution in [3.05, 3.63) is 11.9 Å². The van der Waals surface area contributed by atoms with Crippen molar-refractivity contribution < 1.29 is 9.53 Å². The molecule has 3 N–H and O–H groups in total. The van der Waals surface area contributed by atoms with Crippen LogP contribution >= 0.6 is 0 Å². The van der Waals surface area contributed by atoms with Crippen molar-refractivity contribution in [1.29, 1.82) is 0 Å². The first-order valence-electron chi connectivity index (χ1n) is 5.72. The van der Waals surface area contributed by atoms with E-state index in [1.165, 1.54) is 0 Å². The molecule has 1 aliphatic rings. The highest BCUT2D eigenvalue weighted by molar-refractivity contribution is 5.80. The van der Waals surface area contributed by atoms with E-state index in [9.17, 15) is 4.79 Å². The lowest BCUT2D eigenvalue weighted by molar-refractivity contribution is -0.120. The van der Waals surface area contributed by atoms with Gasteiger partial charge in [-0.15, -0.1) is 0 Å². The van der Waals surface area contributed by atoms with Crippen LogP contribution in [0.2, 0.25) is 0 Å². The van der Waals surface area contributed by atoms with Crippen LogP contribution in [0.5, 0.6) is 5.75 Å². The Kier molecular flexibility index (Phi) is 3.33. The van der Waals surface area contributed by atoms with Crippen LogP contribution in [0, 0.1) is 0 Å². The molecule has 0 bridgehead atoms. The molecule has 1 amide bonds. The average Bonchev–Trinajstić information content (AvgIpc) is 2.70. The number of methoxy groups -OCH3 is 1. The summed E-state index contributed by atoms with van der Waals surface area (Å²) >= 11 is 0. The van der Waals surface area contributed by atoms with Crippen LogP contribution in [0.3, 0.4) is 0 Å². The minimum absolute atomic E-state index is 0.256. The van der Waals surface area contributed by atoms with Crippen molar-refractivity contribution in [3.63, 3.8) is 0 Å². The summed E-state index contributed by atoms with van der Waals surface area (Å²) in [7, 11) is 3.52. The Morgan fingerprint density at radius 2 is 2.47 bits per heavy atom. The number of aryl methyl sites for hydroxylation is 1. The Balaban J connectivity index is 2.21. The van der Waals surface area contributed by atoms with Gasteiger partial charge in [-0.3, -0.25) is 9.48 Å². The summed E-state index contributed by atoms with van der Waals surface area (Å²) in [6.45, 7) is 0.784. The first kappa shape index (κ1) is 11.9. The fraction of sp³-hybridized carbons (Fsp3) is 0.636. The number of piperidine rings is 1. The van der Waals surface area contributed by atoms with Gasteiger partial charge < -0.3 is 15.8 Å². The van der Waals surface area contributed by atoms with E-state index < -0.39 is 0 Å². The fourth-order valence-electron chi connectivity index (χ4n) is 2.43. The first-order valence-corrected chi connectivity index (χ1v) is 5.72. The number of rotatable bonds is 3. The smallest absolute Gasteiger partial charge is 0.234 e. The van der Waals surface area contributed by atoms with Crippen LogP contribution in [0.15, 0.2) is 6.20 Å². The van der Waals surface area contributed by atoms with Crippen LogP contribution < -0.4 is 15.8 Å². The van der Waals surface area contributed by atoms with Crippen LogP contribution in [-0.2, 0) is 11.8 Å². The van der Waals surface area contributed by atoms with E-state index >= 15 is 0 Å². The number of aromatic nitrogens is 2. The number of amides is 1. The van der Waals surface area contributed by atoms with Gasteiger partial charge in [0.2, 0.25) is 5.91 Å². The van der Waals surface area contributed by atoms with E-state index in [0.717, 1.165) is 24.4 Å². The zero-order valence-corrected chi connectivity index (χ0v) is 10.1. The second-order valence-corrected chi connectivity index (χ2v) is 4.35. The molecule has 1 saturated heterocycles. The maximum Gasteiger partial charge on any atom is 0.234 e. The monoisotopic (exact) mass is 238 g/mol. The highest BCUT2D eigenvalue weighted by atomic mass is 16.5. The molecular formula is C11H18N4O2. The van der Waals surface area contributed by atoms with Gasteiger partial charge in [-0.05, 0) is 19.4 Å². The summed E-state index contributed by atoms with van der Waals surface area (Å²) in [4.78, 5) is 11.2. The molecule has 2 atom stereocenters. The molecule has 0 saturated carbocycles. The number of hydrogen-bond acceptors (Lipinski definition) is 4. The van der Waals surface area contributed by atoms with Crippen molar-refractivity contribution in [3.8, 4) is 5.75 Å². The second-order valence-electron chi connectivity index (χ2n) is 4.35. The summed E-state index contributed by atoms with van der Waals surface area (Å²) < 4.78 is 7.11. The van der Waals surface area contributed by atoms with Crippen molar-refractivity contribution >= 4 is 5.91 Å². The SMILES string of the molecule is COc1cnn(C)c1C1CCNC(C(N)=O)C1. The summed E-state index contributed by atoms with van der Waals surface area (Å²) in [5.41, 5.74) is 6.38. The lowest BCUT2D eigenvalue weighted by Gasteiger charge is -2.28. The topological polar surface area (TPSA) is 82.2 Å². The molecule has 2 rings (SSSR count). The van der Waals surface area contributed by atoms with Gasteiger partial charge in [0.15, 0.2) is 5.75 Å². The molecule has 2 heterocycles. The lowest BCUT2D eigenvalue weighted by atomic mass is 9.89. The molecule has 2 unspecified atom stereocenters. The Labute approximate surface area is 100 Å². The number of ether oxygens (including phenoxy) is 1. The van der Waals surface area contributed by atoms with E-state index in [0.29, 0.717) is 6.42 Å². The summed E-state index contributed by atoms with van der Waals surface area (Å²) in [6.07, 6.45) is 3.36. The quantitative estimate of drug-likeness (QED) is 0.760. The summed E-state index contributed by atoms with van der Waals surface area (Å²) in [6, 6.07) is -0.256. The molecule has 1 aromatic rings.